The number of aromatic nitrogens is 3. The summed E-state index contributed by atoms with van der Waals surface area (Å²) in [5, 5.41) is 4.38. The summed E-state index contributed by atoms with van der Waals surface area (Å²) < 4.78 is 1.55. The van der Waals surface area contributed by atoms with Crippen LogP contribution in [-0.2, 0) is 11.3 Å². The summed E-state index contributed by atoms with van der Waals surface area (Å²) in [6, 6.07) is 11.8. The highest BCUT2D eigenvalue weighted by Gasteiger charge is 2.17. The summed E-state index contributed by atoms with van der Waals surface area (Å²) in [5.41, 5.74) is 5.81. The van der Waals surface area contributed by atoms with E-state index in [0.29, 0.717) is 22.7 Å². The van der Waals surface area contributed by atoms with Crippen molar-refractivity contribution in [3.63, 3.8) is 0 Å². The number of benzene rings is 2. The van der Waals surface area contributed by atoms with Gasteiger partial charge in [0.05, 0.1) is 5.75 Å². The van der Waals surface area contributed by atoms with Crippen LogP contribution in [-0.4, -0.2) is 26.2 Å². The maximum Gasteiger partial charge on any atom is 0.278 e. The molecule has 2 N–H and O–H groups in total. The minimum absolute atomic E-state index is 0.140. The van der Waals surface area contributed by atoms with Crippen LogP contribution in [0.3, 0.4) is 0 Å². The molecule has 0 spiro atoms. The fraction of sp³-hybridized carbons (Fsp3) is 0.208. The number of rotatable bonds is 6. The zero-order valence-electron chi connectivity index (χ0n) is 17.8. The van der Waals surface area contributed by atoms with Crippen molar-refractivity contribution in [2.45, 2.75) is 32.5 Å². The smallest absolute Gasteiger partial charge is 0.278 e. The number of thioether (sulfide) groups is 1. The Kier molecular flexibility index (Phi) is 5.69. The van der Waals surface area contributed by atoms with Crippen molar-refractivity contribution in [1.82, 2.24) is 14.5 Å². The molecule has 1 amide bonds. The zero-order chi connectivity index (χ0) is 22.1. The topological polar surface area (TPSA) is 79.8 Å². The number of hydrogen-bond donors (Lipinski definition) is 2. The molecule has 0 saturated heterocycles. The molecular weight excluding hydrogens is 408 g/mol. The maximum atomic E-state index is 13.1. The molecular formula is C24H24N4O2S. The number of para-hydroxylation sites is 1. The van der Waals surface area contributed by atoms with E-state index in [4.69, 9.17) is 4.98 Å². The van der Waals surface area contributed by atoms with Gasteiger partial charge in [0, 0.05) is 23.1 Å². The summed E-state index contributed by atoms with van der Waals surface area (Å²) >= 11 is 1.25. The molecule has 0 aliphatic heterocycles. The predicted molar refractivity (Wildman–Crippen MR) is 128 cm³/mol. The Morgan fingerprint density at radius 2 is 1.94 bits per heavy atom. The van der Waals surface area contributed by atoms with Crippen molar-refractivity contribution in [3.05, 3.63) is 76.1 Å². The van der Waals surface area contributed by atoms with Crippen molar-refractivity contribution in [3.8, 4) is 0 Å². The van der Waals surface area contributed by atoms with Crippen LogP contribution < -0.4 is 10.9 Å². The number of fused-ring (bicyclic) bond motifs is 3. The highest BCUT2D eigenvalue weighted by Crippen LogP contribution is 2.26. The molecule has 31 heavy (non-hydrogen) atoms. The van der Waals surface area contributed by atoms with Crippen molar-refractivity contribution < 1.29 is 4.79 Å². The summed E-state index contributed by atoms with van der Waals surface area (Å²) in [6.45, 7) is 10.1. The minimum Gasteiger partial charge on any atom is -0.349 e. The number of hydrogen-bond acceptors (Lipinski definition) is 4. The number of aryl methyl sites for hydroxylation is 3. The van der Waals surface area contributed by atoms with Gasteiger partial charge in [0.15, 0.2) is 5.16 Å². The Balaban J connectivity index is 1.65. The van der Waals surface area contributed by atoms with Crippen molar-refractivity contribution in [1.29, 1.82) is 0 Å². The normalized spacial score (nSPS) is 11.2. The van der Waals surface area contributed by atoms with Gasteiger partial charge in [0.2, 0.25) is 5.91 Å². The summed E-state index contributed by atoms with van der Waals surface area (Å²) in [6.07, 6.45) is 1.65. The van der Waals surface area contributed by atoms with Gasteiger partial charge < -0.3 is 10.3 Å². The highest BCUT2D eigenvalue weighted by molar-refractivity contribution is 7.99. The molecule has 0 bridgehead atoms. The van der Waals surface area contributed by atoms with Crippen molar-refractivity contribution in [2.24, 2.45) is 0 Å². The molecule has 0 saturated carbocycles. The van der Waals surface area contributed by atoms with Crippen LogP contribution in [0.15, 0.2) is 59.0 Å². The summed E-state index contributed by atoms with van der Waals surface area (Å²) in [5.74, 6) is 0.00276. The number of aromatic amines is 1. The second-order valence-corrected chi connectivity index (χ2v) is 8.55. The van der Waals surface area contributed by atoms with E-state index in [0.717, 1.165) is 33.3 Å². The van der Waals surface area contributed by atoms with Gasteiger partial charge in [-0.05, 0) is 38.0 Å². The molecule has 0 aliphatic rings. The van der Waals surface area contributed by atoms with E-state index in [2.05, 4.69) is 16.9 Å². The van der Waals surface area contributed by atoms with Crippen LogP contribution in [0.5, 0.6) is 0 Å². The standard InChI is InChI=1S/C24H24N4O2S/c1-5-10-28-23(30)22-21(17-8-6-7-9-18(17)25-22)27-24(28)31-13-19(29)26-20-15(3)11-14(2)12-16(20)4/h5-9,11-12,25H,1,10,13H2,2-4H3,(H,26,29). The molecule has 0 radical (unpaired) electrons. The van der Waals surface area contributed by atoms with E-state index in [1.165, 1.54) is 11.8 Å². The van der Waals surface area contributed by atoms with Gasteiger partial charge in [-0.1, -0.05) is 53.7 Å². The van der Waals surface area contributed by atoms with E-state index < -0.39 is 0 Å². The van der Waals surface area contributed by atoms with Gasteiger partial charge in [0.1, 0.15) is 11.0 Å². The maximum absolute atomic E-state index is 13.1. The number of allylic oxidation sites excluding steroid dienone is 1. The lowest BCUT2D eigenvalue weighted by atomic mass is 10.1. The van der Waals surface area contributed by atoms with Crippen LogP contribution in [0.25, 0.3) is 21.9 Å². The number of anilines is 1. The highest BCUT2D eigenvalue weighted by atomic mass is 32.2. The molecule has 2 heterocycles. The first-order valence-electron chi connectivity index (χ1n) is 10.0. The average Bonchev–Trinajstić information content (AvgIpc) is 3.10. The van der Waals surface area contributed by atoms with Gasteiger partial charge in [-0.3, -0.25) is 14.2 Å². The average molecular weight is 433 g/mol. The van der Waals surface area contributed by atoms with Gasteiger partial charge in [0.25, 0.3) is 5.56 Å². The SMILES string of the molecule is C=CCn1c(SCC(=O)Nc2c(C)cc(C)cc2C)nc2c([nH]c3ccccc32)c1=O. The molecule has 7 heteroatoms. The minimum atomic E-state index is -0.172. The second-order valence-electron chi connectivity index (χ2n) is 7.60. The third kappa shape index (κ3) is 4.01. The number of carbonyl (C=O) groups is 1. The Hall–Kier alpha value is -3.32. The number of nitrogens with zero attached hydrogens (tertiary/aromatic N) is 2. The van der Waals surface area contributed by atoms with Crippen LogP contribution in [0.4, 0.5) is 5.69 Å². The monoisotopic (exact) mass is 432 g/mol. The third-order valence-electron chi connectivity index (χ3n) is 5.16. The first-order chi connectivity index (χ1) is 14.9. The van der Waals surface area contributed by atoms with Crippen LogP contribution in [0.1, 0.15) is 16.7 Å². The lowest BCUT2D eigenvalue weighted by molar-refractivity contribution is -0.113. The first-order valence-corrected chi connectivity index (χ1v) is 11.0. The molecule has 4 rings (SSSR count). The van der Waals surface area contributed by atoms with E-state index >= 15 is 0 Å². The lowest BCUT2D eigenvalue weighted by Crippen LogP contribution is -2.24. The molecule has 6 nitrogen and oxygen atoms in total. The van der Waals surface area contributed by atoms with Gasteiger partial charge >= 0.3 is 0 Å². The van der Waals surface area contributed by atoms with Crippen LogP contribution in [0.2, 0.25) is 0 Å². The molecule has 2 aromatic carbocycles. The number of nitrogens with one attached hydrogen (secondary N) is 2. The first kappa shape index (κ1) is 20.9. The Morgan fingerprint density at radius 3 is 2.65 bits per heavy atom. The molecule has 0 aliphatic carbocycles. The fourth-order valence-corrected chi connectivity index (χ4v) is 4.66. The molecule has 0 atom stereocenters. The van der Waals surface area contributed by atoms with E-state index in [1.807, 2.05) is 57.2 Å². The van der Waals surface area contributed by atoms with Crippen molar-refractivity contribution >= 4 is 45.3 Å². The fourth-order valence-electron chi connectivity index (χ4n) is 3.86. The predicted octanol–water partition coefficient (Wildman–Crippen LogP) is 4.72. The Morgan fingerprint density at radius 1 is 1.23 bits per heavy atom. The van der Waals surface area contributed by atoms with Gasteiger partial charge in [-0.25, -0.2) is 4.98 Å². The quantitative estimate of drug-likeness (QED) is 0.262. The van der Waals surface area contributed by atoms with Crippen LogP contribution in [0, 0.1) is 20.8 Å². The number of H-pyrrole nitrogens is 1. The number of amides is 1. The Bertz CT molecular complexity index is 1360. The number of carbonyl (C=O) groups excluding carboxylic acids is 1. The molecule has 0 fully saturated rings. The molecule has 2 aromatic heterocycles. The second kappa shape index (κ2) is 8.43. The lowest BCUT2D eigenvalue weighted by Gasteiger charge is -2.13. The van der Waals surface area contributed by atoms with Crippen molar-refractivity contribution in [2.75, 3.05) is 11.1 Å². The van der Waals surface area contributed by atoms with E-state index in [-0.39, 0.29) is 17.2 Å². The molecule has 158 valence electrons. The summed E-state index contributed by atoms with van der Waals surface area (Å²) in [4.78, 5) is 33.7. The Labute approximate surface area is 184 Å². The largest absolute Gasteiger partial charge is 0.349 e. The molecule has 4 aromatic rings. The van der Waals surface area contributed by atoms with E-state index in [1.54, 1.807) is 10.6 Å². The zero-order valence-corrected chi connectivity index (χ0v) is 18.6. The molecule has 0 unspecified atom stereocenters. The van der Waals surface area contributed by atoms with E-state index in [9.17, 15) is 9.59 Å². The van der Waals surface area contributed by atoms with Crippen LogP contribution >= 0.6 is 11.8 Å². The third-order valence-corrected chi connectivity index (χ3v) is 6.14. The summed E-state index contributed by atoms with van der Waals surface area (Å²) in [7, 11) is 0. The van der Waals surface area contributed by atoms with Gasteiger partial charge in [-0.15, -0.1) is 6.58 Å². The van der Waals surface area contributed by atoms with Gasteiger partial charge in [-0.2, -0.15) is 0 Å².